The molecule has 0 heterocycles. The van der Waals surface area contributed by atoms with Gasteiger partial charge >= 0.3 is 21.6 Å². The first-order chi connectivity index (χ1) is 14.5. The molecule has 0 aliphatic rings. The van der Waals surface area contributed by atoms with Gasteiger partial charge in [-0.3, -0.25) is 13.8 Å². The maximum absolute atomic E-state index is 11.7. The van der Waals surface area contributed by atoms with Gasteiger partial charge in [-0.2, -0.15) is 0 Å². The average Bonchev–Trinajstić information content (AvgIpc) is 2.66. The first-order valence-electron chi connectivity index (χ1n) is 11.1. The lowest BCUT2D eigenvalue weighted by Crippen LogP contribution is -2.26. The Morgan fingerprint density at radius 1 is 0.710 bits per heavy atom. The van der Waals surface area contributed by atoms with E-state index in [1.54, 1.807) is 0 Å². The zero-order valence-corrected chi connectivity index (χ0v) is 20.3. The fourth-order valence-electron chi connectivity index (χ4n) is 3.03. The van der Waals surface area contributed by atoms with E-state index in [4.69, 9.17) is 24.3 Å². The third kappa shape index (κ3) is 24.2. The van der Waals surface area contributed by atoms with Crippen LogP contribution in [0.5, 0.6) is 0 Å². The molecule has 0 bridgehead atoms. The van der Waals surface area contributed by atoms with Gasteiger partial charge in [0.1, 0.15) is 12.7 Å². The van der Waals surface area contributed by atoms with Crippen molar-refractivity contribution in [2.75, 3.05) is 13.2 Å². The van der Waals surface area contributed by atoms with Gasteiger partial charge in [0, 0.05) is 6.42 Å². The summed E-state index contributed by atoms with van der Waals surface area (Å²) in [4.78, 5) is 46.7. The van der Waals surface area contributed by atoms with Crippen LogP contribution in [0.15, 0.2) is 0 Å². The van der Waals surface area contributed by atoms with Crippen molar-refractivity contribution in [3.63, 3.8) is 0 Å². The molecule has 4 N–H and O–H groups in total. The number of hydrogen-bond acceptors (Lipinski definition) is 6. The Balaban J connectivity index is 3.75. The van der Waals surface area contributed by atoms with Gasteiger partial charge in [-0.25, -0.2) is 9.13 Å². The van der Waals surface area contributed by atoms with E-state index < -0.39 is 40.9 Å². The molecular weight excluding hydrogens is 450 g/mol. The number of carbonyl (C=O) groups is 1. The number of phosphoric acid groups is 2. The molecule has 31 heavy (non-hydrogen) atoms. The first-order valence-corrected chi connectivity index (χ1v) is 14.2. The van der Waals surface area contributed by atoms with Crippen molar-refractivity contribution in [3.8, 4) is 0 Å². The molecule has 0 saturated heterocycles. The van der Waals surface area contributed by atoms with Gasteiger partial charge in [-0.15, -0.1) is 0 Å². The van der Waals surface area contributed by atoms with Crippen LogP contribution in [-0.4, -0.2) is 44.9 Å². The molecule has 1 atom stereocenters. The second-order valence-electron chi connectivity index (χ2n) is 7.68. The minimum atomic E-state index is -4.94. The van der Waals surface area contributed by atoms with Gasteiger partial charge in [0.15, 0.2) is 0 Å². The minimum absolute atomic E-state index is 0.153. The maximum Gasteiger partial charge on any atom is 0.470 e. The van der Waals surface area contributed by atoms with Gasteiger partial charge in [0.05, 0.1) is 6.61 Å². The van der Waals surface area contributed by atoms with Crippen LogP contribution >= 0.6 is 15.6 Å². The quantitative estimate of drug-likeness (QED) is 0.102. The molecule has 10 nitrogen and oxygen atoms in total. The third-order valence-corrected chi connectivity index (χ3v) is 5.69. The predicted octanol–water partition coefficient (Wildman–Crippen LogP) is 4.60. The van der Waals surface area contributed by atoms with Crippen LogP contribution in [0.2, 0.25) is 0 Å². The molecule has 0 saturated carbocycles. The fraction of sp³-hybridized carbons (Fsp3) is 0.947. The minimum Gasteiger partial charge on any atom is -0.463 e. The Morgan fingerprint density at radius 3 is 1.58 bits per heavy atom. The molecule has 0 aromatic heterocycles. The first kappa shape index (κ1) is 30.7. The SMILES string of the molecule is CCCCCCCCCCCCCCCC(=O)OCC(COP(=O)(O)O)OP(=O)(O)O. The number of carbonyl (C=O) groups excluding carboxylic acids is 1. The van der Waals surface area contributed by atoms with Crippen molar-refractivity contribution in [3.05, 3.63) is 0 Å². The Labute approximate surface area is 185 Å². The van der Waals surface area contributed by atoms with Crippen molar-refractivity contribution in [1.29, 1.82) is 0 Å². The molecule has 0 amide bonds. The summed E-state index contributed by atoms with van der Waals surface area (Å²) in [5, 5.41) is 0. The van der Waals surface area contributed by atoms with E-state index in [-0.39, 0.29) is 6.42 Å². The zero-order chi connectivity index (χ0) is 23.6. The topological polar surface area (TPSA) is 160 Å². The highest BCUT2D eigenvalue weighted by Crippen LogP contribution is 2.40. The van der Waals surface area contributed by atoms with E-state index in [9.17, 15) is 13.9 Å². The van der Waals surface area contributed by atoms with Crippen molar-refractivity contribution in [2.24, 2.45) is 0 Å². The van der Waals surface area contributed by atoms with E-state index in [1.165, 1.54) is 57.8 Å². The van der Waals surface area contributed by atoms with Gasteiger partial charge in [-0.05, 0) is 6.42 Å². The molecule has 186 valence electrons. The number of rotatable bonds is 21. The standard InChI is InChI=1S/C19H40O10P2/c1-2-3-4-5-6-7-8-9-10-11-12-13-14-15-19(20)27-16-18(29-31(24,25)26)17-28-30(21,22)23/h18H,2-17H2,1H3,(H2,21,22,23)(H2,24,25,26). The van der Waals surface area contributed by atoms with Crippen molar-refractivity contribution < 1.29 is 47.3 Å². The largest absolute Gasteiger partial charge is 0.470 e. The lowest BCUT2D eigenvalue weighted by molar-refractivity contribution is -0.147. The smallest absolute Gasteiger partial charge is 0.463 e. The summed E-state index contributed by atoms with van der Waals surface area (Å²) in [6.45, 7) is 0.807. The lowest BCUT2D eigenvalue weighted by Gasteiger charge is -2.18. The highest BCUT2D eigenvalue weighted by molar-refractivity contribution is 7.46. The van der Waals surface area contributed by atoms with Gasteiger partial charge in [0.2, 0.25) is 0 Å². The highest BCUT2D eigenvalue weighted by Gasteiger charge is 2.27. The van der Waals surface area contributed by atoms with E-state index in [0.717, 1.165) is 19.3 Å². The molecule has 0 aromatic rings. The molecule has 0 spiro atoms. The van der Waals surface area contributed by atoms with Crippen LogP contribution in [-0.2, 0) is 27.7 Å². The Morgan fingerprint density at radius 2 is 1.16 bits per heavy atom. The number of phosphoric ester groups is 2. The van der Waals surface area contributed by atoms with Crippen LogP contribution < -0.4 is 0 Å². The van der Waals surface area contributed by atoms with Crippen molar-refractivity contribution >= 4 is 21.6 Å². The van der Waals surface area contributed by atoms with E-state index in [2.05, 4.69) is 16.0 Å². The van der Waals surface area contributed by atoms with Crippen LogP contribution in [0.3, 0.4) is 0 Å². The molecule has 0 aliphatic carbocycles. The fourth-order valence-corrected chi connectivity index (χ4v) is 3.90. The molecule has 12 heteroatoms. The van der Waals surface area contributed by atoms with E-state index in [0.29, 0.717) is 6.42 Å². The second-order valence-corrected chi connectivity index (χ2v) is 10.1. The average molecular weight is 490 g/mol. The van der Waals surface area contributed by atoms with Crippen LogP contribution in [0, 0.1) is 0 Å². The molecule has 0 rings (SSSR count). The summed E-state index contributed by atoms with van der Waals surface area (Å²) in [6.07, 6.45) is 14.0. The summed E-state index contributed by atoms with van der Waals surface area (Å²) in [5.74, 6) is -0.571. The predicted molar refractivity (Wildman–Crippen MR) is 116 cm³/mol. The maximum atomic E-state index is 11.7. The summed E-state index contributed by atoms with van der Waals surface area (Å²) in [7, 11) is -9.79. The number of esters is 1. The van der Waals surface area contributed by atoms with Crippen molar-refractivity contribution in [1.82, 2.24) is 0 Å². The summed E-state index contributed by atoms with van der Waals surface area (Å²) < 4.78 is 35.0. The number of unbranched alkanes of at least 4 members (excludes halogenated alkanes) is 12. The number of hydrogen-bond donors (Lipinski definition) is 4. The molecular formula is C19H40O10P2. The van der Waals surface area contributed by atoms with E-state index >= 15 is 0 Å². The Kier molecular flexibility index (Phi) is 18.0. The Bertz CT molecular complexity index is 546. The van der Waals surface area contributed by atoms with Gasteiger partial charge in [0.25, 0.3) is 0 Å². The molecule has 1 unspecified atom stereocenters. The third-order valence-electron chi connectivity index (χ3n) is 4.63. The molecule has 0 fully saturated rings. The van der Waals surface area contributed by atoms with Gasteiger partial charge < -0.3 is 24.3 Å². The molecule has 0 aliphatic heterocycles. The molecule has 0 aromatic carbocycles. The van der Waals surface area contributed by atoms with Crippen LogP contribution in [0.1, 0.15) is 96.8 Å². The lowest BCUT2D eigenvalue weighted by atomic mass is 10.0. The highest BCUT2D eigenvalue weighted by atomic mass is 31.2. The number of ether oxygens (including phenoxy) is 1. The zero-order valence-electron chi connectivity index (χ0n) is 18.5. The molecule has 0 radical (unpaired) electrons. The summed E-state index contributed by atoms with van der Waals surface area (Å²) in [5.41, 5.74) is 0. The van der Waals surface area contributed by atoms with E-state index in [1.807, 2.05) is 0 Å². The summed E-state index contributed by atoms with van der Waals surface area (Å²) in [6, 6.07) is 0. The summed E-state index contributed by atoms with van der Waals surface area (Å²) >= 11 is 0. The van der Waals surface area contributed by atoms with Gasteiger partial charge in [-0.1, -0.05) is 84.0 Å². The van der Waals surface area contributed by atoms with Crippen LogP contribution in [0.4, 0.5) is 0 Å². The van der Waals surface area contributed by atoms with Crippen molar-refractivity contribution in [2.45, 2.75) is 103 Å². The monoisotopic (exact) mass is 490 g/mol. The van der Waals surface area contributed by atoms with Crippen LogP contribution in [0.25, 0.3) is 0 Å². The normalized spacial score (nSPS) is 13.3. The Hall–Kier alpha value is -0.310. The second kappa shape index (κ2) is 18.2.